The average Bonchev–Trinajstić information content (AvgIpc) is 3.23. The number of aliphatic hydroxyl groups excluding tert-OH is 1. The third kappa shape index (κ3) is 8.17. The lowest BCUT2D eigenvalue weighted by molar-refractivity contribution is -0.0340. The molecule has 0 aromatic rings. The molecule has 5 heteroatoms. The molecule has 0 aromatic heterocycles. The van der Waals surface area contributed by atoms with Gasteiger partial charge in [0.05, 0.1) is 24.5 Å². The van der Waals surface area contributed by atoms with Crippen molar-refractivity contribution in [3.05, 3.63) is 35.5 Å². The van der Waals surface area contributed by atoms with E-state index in [9.17, 15) is 9.50 Å². The maximum Gasteiger partial charge on any atom is 0.184 e. The van der Waals surface area contributed by atoms with E-state index in [4.69, 9.17) is 9.16 Å². The molecule has 6 atom stereocenters. The van der Waals surface area contributed by atoms with Gasteiger partial charge in [0.25, 0.3) is 0 Å². The standard InChI is InChI=1S/C34H59FO3Si/c1-9-34(10-2,38-39(6,7)8)20-12-22-37-26(4)31-16-17-32-27(13-11-19-33(31,32)5)14-15-28-23-30(36)24-29(18-21-35)25(28)3/h14-15,26,29-32,36H,3,9-13,16-24H2,1-2,4-8H3/b27-14+,28-15-/t26-,29+,30-,31-,32+,33-/m1/s1. The first-order chi connectivity index (χ1) is 18.4. The summed E-state index contributed by atoms with van der Waals surface area (Å²) >= 11 is 0. The van der Waals surface area contributed by atoms with Gasteiger partial charge in [-0.25, -0.2) is 0 Å². The van der Waals surface area contributed by atoms with E-state index >= 15 is 0 Å². The SMILES string of the molecule is C=C1/C(=C\C=C2/CCC[C@]3(C)[C@@H]([C@@H](C)OCCCC(CC)(CC)O[Si](C)(C)C)CC[C@@H]23)C[C@@H](O)C[C@@H]1CCF. The Morgan fingerprint density at radius 2 is 1.92 bits per heavy atom. The van der Waals surface area contributed by atoms with Gasteiger partial charge in [0.1, 0.15) is 0 Å². The number of aliphatic hydroxyl groups is 1. The molecular formula is C34H59FO3Si. The molecule has 3 rings (SSSR count). The molecule has 0 radical (unpaired) electrons. The second-order valence-corrected chi connectivity index (χ2v) is 18.5. The van der Waals surface area contributed by atoms with E-state index in [2.05, 4.69) is 66.1 Å². The predicted octanol–water partition coefficient (Wildman–Crippen LogP) is 9.34. The maximum absolute atomic E-state index is 13.0. The quantitative estimate of drug-likeness (QED) is 0.179. The van der Waals surface area contributed by atoms with Gasteiger partial charge >= 0.3 is 0 Å². The van der Waals surface area contributed by atoms with E-state index in [1.54, 1.807) is 5.57 Å². The van der Waals surface area contributed by atoms with Crippen molar-refractivity contribution in [2.75, 3.05) is 13.3 Å². The molecular weight excluding hydrogens is 503 g/mol. The molecule has 0 amide bonds. The minimum absolute atomic E-state index is 0.00461. The minimum atomic E-state index is -1.59. The number of rotatable bonds is 13. The van der Waals surface area contributed by atoms with Gasteiger partial charge in [-0.3, -0.25) is 4.39 Å². The fourth-order valence-corrected chi connectivity index (χ4v) is 9.98. The smallest absolute Gasteiger partial charge is 0.184 e. The second kappa shape index (κ2) is 13.9. The summed E-state index contributed by atoms with van der Waals surface area (Å²) < 4.78 is 26.3. The molecule has 3 aliphatic carbocycles. The largest absolute Gasteiger partial charge is 0.412 e. The molecule has 0 unspecified atom stereocenters. The molecule has 39 heavy (non-hydrogen) atoms. The average molecular weight is 563 g/mol. The topological polar surface area (TPSA) is 38.7 Å². The summed E-state index contributed by atoms with van der Waals surface area (Å²) in [7, 11) is -1.59. The Labute approximate surface area is 240 Å². The van der Waals surface area contributed by atoms with Crippen LogP contribution in [0.2, 0.25) is 19.6 Å². The predicted molar refractivity (Wildman–Crippen MR) is 165 cm³/mol. The van der Waals surface area contributed by atoms with Crippen LogP contribution >= 0.6 is 0 Å². The molecule has 1 N–H and O–H groups in total. The van der Waals surface area contributed by atoms with Crippen LogP contribution < -0.4 is 0 Å². The highest BCUT2D eigenvalue weighted by molar-refractivity contribution is 6.69. The first-order valence-electron chi connectivity index (χ1n) is 16.0. The first kappa shape index (κ1) is 32.8. The van der Waals surface area contributed by atoms with Crippen molar-refractivity contribution in [2.24, 2.45) is 23.2 Å². The van der Waals surface area contributed by atoms with Crippen LogP contribution in [0.3, 0.4) is 0 Å². The van der Waals surface area contributed by atoms with Gasteiger partial charge in [0.15, 0.2) is 8.32 Å². The summed E-state index contributed by atoms with van der Waals surface area (Å²) in [5.41, 5.74) is 3.99. The molecule has 3 saturated carbocycles. The van der Waals surface area contributed by atoms with Crippen LogP contribution in [0.25, 0.3) is 0 Å². The van der Waals surface area contributed by atoms with Crippen molar-refractivity contribution >= 4 is 8.32 Å². The number of hydrogen-bond donors (Lipinski definition) is 1. The Hall–Kier alpha value is -0.753. The van der Waals surface area contributed by atoms with E-state index in [0.717, 1.165) is 49.9 Å². The van der Waals surface area contributed by atoms with Crippen molar-refractivity contribution in [3.63, 3.8) is 0 Å². The number of fused-ring (bicyclic) bond motifs is 1. The highest BCUT2D eigenvalue weighted by Crippen LogP contribution is 2.58. The Morgan fingerprint density at radius 1 is 1.21 bits per heavy atom. The second-order valence-electron chi connectivity index (χ2n) is 14.1. The van der Waals surface area contributed by atoms with Gasteiger partial charge in [0, 0.05) is 6.61 Å². The maximum atomic E-state index is 13.0. The molecule has 0 spiro atoms. The van der Waals surface area contributed by atoms with Crippen LogP contribution in [0, 0.1) is 23.2 Å². The molecule has 0 saturated heterocycles. The normalized spacial score (nSPS) is 33.1. The summed E-state index contributed by atoms with van der Waals surface area (Å²) in [6.45, 7) is 21.0. The molecule has 0 aromatic carbocycles. The van der Waals surface area contributed by atoms with Crippen molar-refractivity contribution in [1.82, 2.24) is 0 Å². The Bertz CT molecular complexity index is 870. The zero-order valence-electron chi connectivity index (χ0n) is 26.3. The van der Waals surface area contributed by atoms with Crippen LogP contribution in [0.5, 0.6) is 0 Å². The van der Waals surface area contributed by atoms with Crippen molar-refractivity contribution in [3.8, 4) is 0 Å². The number of alkyl halides is 1. The van der Waals surface area contributed by atoms with E-state index in [0.29, 0.717) is 31.1 Å². The third-order valence-corrected chi connectivity index (χ3v) is 11.5. The van der Waals surface area contributed by atoms with Crippen molar-refractivity contribution < 1.29 is 18.7 Å². The Kier molecular flexibility index (Phi) is 11.7. The van der Waals surface area contributed by atoms with Crippen LogP contribution in [0.1, 0.15) is 105 Å². The zero-order valence-corrected chi connectivity index (χ0v) is 27.3. The highest BCUT2D eigenvalue weighted by atomic mass is 28.4. The monoisotopic (exact) mass is 562 g/mol. The molecule has 0 bridgehead atoms. The minimum Gasteiger partial charge on any atom is -0.412 e. The van der Waals surface area contributed by atoms with Gasteiger partial charge in [-0.1, -0.05) is 45.1 Å². The fourth-order valence-electron chi connectivity index (χ4n) is 8.29. The lowest BCUT2D eigenvalue weighted by Gasteiger charge is -2.44. The van der Waals surface area contributed by atoms with Gasteiger partial charge in [-0.15, -0.1) is 0 Å². The molecule has 0 heterocycles. The number of ether oxygens (including phenoxy) is 1. The number of allylic oxidation sites excluding steroid dienone is 4. The lowest BCUT2D eigenvalue weighted by atomic mass is 9.62. The van der Waals surface area contributed by atoms with Crippen LogP contribution in [0.15, 0.2) is 35.5 Å². The molecule has 224 valence electrons. The Balaban J connectivity index is 1.61. The van der Waals surface area contributed by atoms with Gasteiger partial charge < -0.3 is 14.3 Å². The van der Waals surface area contributed by atoms with E-state index in [1.807, 2.05) is 0 Å². The summed E-state index contributed by atoms with van der Waals surface area (Å²) in [6, 6.07) is 0. The summed E-state index contributed by atoms with van der Waals surface area (Å²) in [4.78, 5) is 0. The van der Waals surface area contributed by atoms with E-state index in [1.165, 1.54) is 25.7 Å². The third-order valence-electron chi connectivity index (χ3n) is 10.4. The van der Waals surface area contributed by atoms with Gasteiger partial charge in [-0.2, -0.15) is 0 Å². The summed E-state index contributed by atoms with van der Waals surface area (Å²) in [6.07, 6.45) is 16.6. The van der Waals surface area contributed by atoms with Crippen molar-refractivity contribution in [2.45, 2.75) is 142 Å². The molecule has 3 aliphatic rings. The van der Waals surface area contributed by atoms with E-state index < -0.39 is 8.32 Å². The molecule has 3 nitrogen and oxygen atoms in total. The van der Waals surface area contributed by atoms with E-state index in [-0.39, 0.29) is 35.8 Å². The number of hydrogen-bond acceptors (Lipinski definition) is 3. The zero-order chi connectivity index (χ0) is 28.8. The van der Waals surface area contributed by atoms with Crippen LogP contribution in [-0.4, -0.2) is 44.5 Å². The number of halogens is 1. The molecule has 0 aliphatic heterocycles. The fraction of sp³-hybridized carbons (Fsp3) is 0.824. The van der Waals surface area contributed by atoms with Crippen LogP contribution in [-0.2, 0) is 9.16 Å². The van der Waals surface area contributed by atoms with Gasteiger partial charge in [-0.05, 0) is 138 Å². The summed E-state index contributed by atoms with van der Waals surface area (Å²) in [5, 5.41) is 10.4. The summed E-state index contributed by atoms with van der Waals surface area (Å²) in [5.74, 6) is 1.25. The first-order valence-corrected chi connectivity index (χ1v) is 19.4. The highest BCUT2D eigenvalue weighted by Gasteiger charge is 2.51. The molecule has 3 fully saturated rings. The Morgan fingerprint density at radius 3 is 2.56 bits per heavy atom. The van der Waals surface area contributed by atoms with Gasteiger partial charge in [0.2, 0.25) is 0 Å². The lowest BCUT2D eigenvalue weighted by Crippen LogP contribution is -2.42. The van der Waals surface area contributed by atoms with Crippen LogP contribution in [0.4, 0.5) is 4.39 Å². The van der Waals surface area contributed by atoms with Crippen molar-refractivity contribution in [1.29, 1.82) is 0 Å².